The van der Waals surface area contributed by atoms with Gasteiger partial charge in [-0.3, -0.25) is 4.79 Å². The average Bonchev–Trinajstić information content (AvgIpc) is 2.18. The lowest BCUT2D eigenvalue weighted by Gasteiger charge is -2.00. The first-order valence-corrected chi connectivity index (χ1v) is 4.42. The van der Waals surface area contributed by atoms with E-state index in [0.717, 1.165) is 23.0 Å². The highest BCUT2D eigenvalue weighted by atomic mass is 16.1. The standard InChI is InChI=1S/C11H11NO/c1-2-8-7-11(13)9-5-3-4-6-10(9)12-8/h3-7H,2H2,1H3,(H,12,13). The second kappa shape index (κ2) is 3.05. The smallest absolute Gasteiger partial charge is 0.189 e. The first-order chi connectivity index (χ1) is 6.31. The highest BCUT2D eigenvalue weighted by Crippen LogP contribution is 2.06. The molecule has 0 unspecified atom stereocenters. The summed E-state index contributed by atoms with van der Waals surface area (Å²) in [7, 11) is 0. The molecule has 66 valence electrons. The molecule has 0 spiro atoms. The summed E-state index contributed by atoms with van der Waals surface area (Å²) in [5, 5.41) is 0.764. The molecule has 1 aromatic heterocycles. The molecule has 2 aromatic rings. The molecule has 0 saturated carbocycles. The molecule has 1 aromatic carbocycles. The Morgan fingerprint density at radius 3 is 2.85 bits per heavy atom. The third-order valence-electron chi connectivity index (χ3n) is 2.17. The van der Waals surface area contributed by atoms with E-state index in [4.69, 9.17) is 0 Å². The number of aryl methyl sites for hydroxylation is 1. The number of rotatable bonds is 1. The van der Waals surface area contributed by atoms with E-state index >= 15 is 0 Å². The summed E-state index contributed by atoms with van der Waals surface area (Å²) in [5.74, 6) is 0. The molecule has 0 aliphatic heterocycles. The summed E-state index contributed by atoms with van der Waals surface area (Å²) < 4.78 is 0. The van der Waals surface area contributed by atoms with Crippen LogP contribution in [0.2, 0.25) is 0 Å². The lowest BCUT2D eigenvalue weighted by Crippen LogP contribution is -2.03. The van der Waals surface area contributed by atoms with Crippen LogP contribution in [0.4, 0.5) is 0 Å². The number of hydrogen-bond acceptors (Lipinski definition) is 1. The Hall–Kier alpha value is -1.57. The van der Waals surface area contributed by atoms with Gasteiger partial charge in [0.1, 0.15) is 0 Å². The fourth-order valence-electron chi connectivity index (χ4n) is 1.44. The zero-order chi connectivity index (χ0) is 9.26. The van der Waals surface area contributed by atoms with Gasteiger partial charge in [-0.25, -0.2) is 0 Å². The number of hydrogen-bond donors (Lipinski definition) is 1. The molecule has 1 heterocycles. The molecule has 0 aliphatic carbocycles. The van der Waals surface area contributed by atoms with Gasteiger partial charge in [-0.15, -0.1) is 0 Å². The van der Waals surface area contributed by atoms with Gasteiger partial charge in [-0.1, -0.05) is 19.1 Å². The van der Waals surface area contributed by atoms with Gasteiger partial charge in [-0.2, -0.15) is 0 Å². The number of aromatic nitrogens is 1. The molecule has 0 aliphatic rings. The maximum Gasteiger partial charge on any atom is 0.189 e. The van der Waals surface area contributed by atoms with E-state index in [9.17, 15) is 4.79 Å². The largest absolute Gasteiger partial charge is 0.358 e. The van der Waals surface area contributed by atoms with Crippen molar-refractivity contribution in [2.24, 2.45) is 0 Å². The van der Waals surface area contributed by atoms with Crippen LogP contribution >= 0.6 is 0 Å². The molecule has 13 heavy (non-hydrogen) atoms. The zero-order valence-electron chi connectivity index (χ0n) is 7.50. The summed E-state index contributed by atoms with van der Waals surface area (Å²) >= 11 is 0. The Bertz CT molecular complexity index is 485. The summed E-state index contributed by atoms with van der Waals surface area (Å²) in [6.45, 7) is 2.03. The molecule has 2 rings (SSSR count). The van der Waals surface area contributed by atoms with Crippen molar-refractivity contribution in [2.45, 2.75) is 13.3 Å². The van der Waals surface area contributed by atoms with E-state index in [0.29, 0.717) is 0 Å². The fourth-order valence-corrected chi connectivity index (χ4v) is 1.44. The minimum atomic E-state index is 0.103. The Kier molecular flexibility index (Phi) is 1.89. The van der Waals surface area contributed by atoms with Gasteiger partial charge in [0.25, 0.3) is 0 Å². The normalized spacial score (nSPS) is 10.5. The first kappa shape index (κ1) is 8.05. The third kappa shape index (κ3) is 1.35. The minimum Gasteiger partial charge on any atom is -0.358 e. The molecule has 0 atom stereocenters. The van der Waals surface area contributed by atoms with Gasteiger partial charge < -0.3 is 4.98 Å². The van der Waals surface area contributed by atoms with Gasteiger partial charge in [0.15, 0.2) is 5.43 Å². The Labute approximate surface area is 76.2 Å². The maximum atomic E-state index is 11.5. The van der Waals surface area contributed by atoms with Crippen molar-refractivity contribution in [2.75, 3.05) is 0 Å². The van der Waals surface area contributed by atoms with Crippen LogP contribution in [0.5, 0.6) is 0 Å². The van der Waals surface area contributed by atoms with Crippen molar-refractivity contribution in [1.29, 1.82) is 0 Å². The van der Waals surface area contributed by atoms with Gasteiger partial charge in [0.2, 0.25) is 0 Å². The Morgan fingerprint density at radius 1 is 1.31 bits per heavy atom. The molecule has 2 heteroatoms. The summed E-state index contributed by atoms with van der Waals surface area (Å²) in [6, 6.07) is 9.24. The predicted molar refractivity (Wildman–Crippen MR) is 53.9 cm³/mol. The highest BCUT2D eigenvalue weighted by molar-refractivity contribution is 5.78. The second-order valence-corrected chi connectivity index (χ2v) is 3.06. The first-order valence-electron chi connectivity index (χ1n) is 4.42. The van der Waals surface area contributed by atoms with Gasteiger partial charge in [-0.05, 0) is 18.6 Å². The average molecular weight is 173 g/mol. The van der Waals surface area contributed by atoms with Crippen molar-refractivity contribution < 1.29 is 0 Å². The third-order valence-corrected chi connectivity index (χ3v) is 2.17. The minimum absolute atomic E-state index is 0.103. The van der Waals surface area contributed by atoms with E-state index < -0.39 is 0 Å². The summed E-state index contributed by atoms with van der Waals surface area (Å²) in [6.07, 6.45) is 0.861. The van der Waals surface area contributed by atoms with Crippen LogP contribution in [-0.2, 0) is 6.42 Å². The highest BCUT2D eigenvalue weighted by Gasteiger charge is 1.98. The lowest BCUT2D eigenvalue weighted by molar-refractivity contribution is 1.05. The van der Waals surface area contributed by atoms with Crippen molar-refractivity contribution in [3.05, 3.63) is 46.2 Å². The number of benzene rings is 1. The number of pyridine rings is 1. The molecular formula is C11H11NO. The van der Waals surface area contributed by atoms with Crippen LogP contribution in [0.15, 0.2) is 35.1 Å². The number of H-pyrrole nitrogens is 1. The van der Waals surface area contributed by atoms with Crippen molar-refractivity contribution in [3.8, 4) is 0 Å². The van der Waals surface area contributed by atoms with Crippen LogP contribution < -0.4 is 5.43 Å². The monoisotopic (exact) mass is 173 g/mol. The van der Waals surface area contributed by atoms with E-state index in [1.54, 1.807) is 6.07 Å². The topological polar surface area (TPSA) is 32.9 Å². The molecule has 0 bridgehead atoms. The van der Waals surface area contributed by atoms with Crippen LogP contribution in [0, 0.1) is 0 Å². The molecule has 2 nitrogen and oxygen atoms in total. The van der Waals surface area contributed by atoms with Crippen LogP contribution in [-0.4, -0.2) is 4.98 Å². The van der Waals surface area contributed by atoms with Crippen molar-refractivity contribution in [3.63, 3.8) is 0 Å². The van der Waals surface area contributed by atoms with Crippen molar-refractivity contribution >= 4 is 10.9 Å². The maximum absolute atomic E-state index is 11.5. The number of aromatic amines is 1. The lowest BCUT2D eigenvalue weighted by atomic mass is 10.2. The Morgan fingerprint density at radius 2 is 2.08 bits per heavy atom. The van der Waals surface area contributed by atoms with Crippen LogP contribution in [0.3, 0.4) is 0 Å². The Balaban J connectivity index is 2.85. The molecule has 0 amide bonds. The quantitative estimate of drug-likeness (QED) is 0.703. The summed E-state index contributed by atoms with van der Waals surface area (Å²) in [4.78, 5) is 14.8. The van der Waals surface area contributed by atoms with Gasteiger partial charge in [0, 0.05) is 22.7 Å². The van der Waals surface area contributed by atoms with E-state index in [-0.39, 0.29) is 5.43 Å². The second-order valence-electron chi connectivity index (χ2n) is 3.06. The molecular weight excluding hydrogens is 162 g/mol. The van der Waals surface area contributed by atoms with Crippen LogP contribution in [0.25, 0.3) is 10.9 Å². The van der Waals surface area contributed by atoms with Gasteiger partial charge >= 0.3 is 0 Å². The molecule has 0 radical (unpaired) electrons. The zero-order valence-corrected chi connectivity index (χ0v) is 7.50. The fraction of sp³-hybridized carbons (Fsp3) is 0.182. The molecule has 0 saturated heterocycles. The predicted octanol–water partition coefficient (Wildman–Crippen LogP) is 2.09. The van der Waals surface area contributed by atoms with Gasteiger partial charge in [0.05, 0.1) is 0 Å². The summed E-state index contributed by atoms with van der Waals surface area (Å²) in [5.41, 5.74) is 2.02. The van der Waals surface area contributed by atoms with Crippen molar-refractivity contribution in [1.82, 2.24) is 4.98 Å². The van der Waals surface area contributed by atoms with E-state index in [2.05, 4.69) is 4.98 Å². The van der Waals surface area contributed by atoms with E-state index in [1.807, 2.05) is 31.2 Å². The molecule has 1 N–H and O–H groups in total. The number of nitrogens with one attached hydrogen (secondary N) is 1. The SMILES string of the molecule is CCc1cc(=O)c2ccccc2[nH]1. The van der Waals surface area contributed by atoms with Crippen LogP contribution in [0.1, 0.15) is 12.6 Å². The number of fused-ring (bicyclic) bond motifs is 1. The van der Waals surface area contributed by atoms with E-state index in [1.165, 1.54) is 0 Å². The molecule has 0 fully saturated rings. The number of para-hydroxylation sites is 1.